The molecule has 2 fully saturated rings. The maximum absolute atomic E-state index is 13.8. The van der Waals surface area contributed by atoms with E-state index < -0.39 is 58.0 Å². The van der Waals surface area contributed by atoms with Crippen LogP contribution in [0.4, 0.5) is 0 Å². The monoisotopic (exact) mass is 541 g/mol. The summed E-state index contributed by atoms with van der Waals surface area (Å²) < 4.78 is 5.87. The van der Waals surface area contributed by atoms with Crippen LogP contribution in [0.3, 0.4) is 0 Å². The van der Waals surface area contributed by atoms with Crippen LogP contribution in [-0.2, 0) is 20.8 Å². The normalized spacial score (nSPS) is 31.6. The first-order valence-electron chi connectivity index (χ1n) is 13.3. The summed E-state index contributed by atoms with van der Waals surface area (Å²) in [6.07, 6.45) is 2.91. The van der Waals surface area contributed by atoms with Crippen molar-refractivity contribution in [1.29, 1.82) is 0 Å². The third kappa shape index (κ3) is 3.63. The Morgan fingerprint density at radius 3 is 2.59 bits per heavy atom. The molecule has 1 heterocycles. The third-order valence-corrected chi connectivity index (χ3v) is 9.24. The summed E-state index contributed by atoms with van der Waals surface area (Å²) in [5.74, 6) is -6.78. The van der Waals surface area contributed by atoms with Gasteiger partial charge in [-0.1, -0.05) is 6.92 Å². The van der Waals surface area contributed by atoms with Crippen molar-refractivity contribution in [2.75, 3.05) is 13.7 Å². The number of methoxy groups -OCH3 is 1. The molecule has 1 unspecified atom stereocenters. The molecule has 3 aliphatic carbocycles. The Kier molecular flexibility index (Phi) is 6.52. The zero-order chi connectivity index (χ0) is 28.5. The lowest BCUT2D eigenvalue weighted by Gasteiger charge is -2.48. The lowest BCUT2D eigenvalue weighted by molar-refractivity contribution is -0.149. The molecule has 4 aliphatic rings. The number of Topliss-reactive ketones (excluding diaryl/α,β-unsaturated/α-hetero) is 2. The number of ether oxygens (including phenoxy) is 1. The molecule has 1 aromatic carbocycles. The molecule has 6 atom stereocenters. The van der Waals surface area contributed by atoms with E-state index in [-0.39, 0.29) is 35.8 Å². The van der Waals surface area contributed by atoms with E-state index in [2.05, 4.69) is 18.7 Å². The molecule has 8 N–H and O–H groups in total. The molecule has 1 amide bonds. The van der Waals surface area contributed by atoms with Crippen molar-refractivity contribution < 1.29 is 39.5 Å². The van der Waals surface area contributed by atoms with Gasteiger partial charge in [0, 0.05) is 34.7 Å². The summed E-state index contributed by atoms with van der Waals surface area (Å²) in [6, 6.07) is 0.384. The third-order valence-electron chi connectivity index (χ3n) is 9.24. The highest BCUT2D eigenvalue weighted by atomic mass is 16.5. The molecule has 0 aromatic heterocycles. The zero-order valence-corrected chi connectivity index (χ0v) is 22.2. The van der Waals surface area contributed by atoms with Crippen LogP contribution < -0.4 is 16.2 Å². The number of aliphatic hydroxyl groups excluding tert-OH is 2. The lowest BCUT2D eigenvalue weighted by atomic mass is 9.58. The first kappa shape index (κ1) is 27.2. The van der Waals surface area contributed by atoms with E-state index >= 15 is 0 Å². The minimum Gasteiger partial charge on any atom is -0.508 e. The number of rotatable bonds is 5. The lowest BCUT2D eigenvalue weighted by Crippen LogP contribution is -2.65. The van der Waals surface area contributed by atoms with Crippen LogP contribution in [0.5, 0.6) is 11.5 Å². The number of amides is 1. The second-order valence-electron chi connectivity index (χ2n) is 11.1. The number of nitrogens with zero attached hydrogens (tertiary/aromatic N) is 1. The number of aliphatic hydroxyl groups is 3. The van der Waals surface area contributed by atoms with Gasteiger partial charge in [-0.15, -0.1) is 0 Å². The van der Waals surface area contributed by atoms with Gasteiger partial charge in [-0.2, -0.15) is 0 Å². The Balaban J connectivity index is 1.68. The number of carbonyl (C=O) groups is 3. The highest BCUT2D eigenvalue weighted by molar-refractivity contribution is 6.24. The fourth-order valence-electron chi connectivity index (χ4n) is 7.17. The molecule has 0 bridgehead atoms. The number of aromatic hydroxyl groups is 1. The summed E-state index contributed by atoms with van der Waals surface area (Å²) in [5.41, 5.74) is 8.79. The van der Waals surface area contributed by atoms with Crippen molar-refractivity contribution in [1.82, 2.24) is 4.90 Å². The number of benzene rings is 1. The fraction of sp³-hybridized carbons (Fsp3) is 0.536. The van der Waals surface area contributed by atoms with Crippen molar-refractivity contribution in [2.45, 2.75) is 69.7 Å². The number of likely N-dealkylation sites (tertiary alicyclic amines) is 1. The maximum Gasteiger partial charge on any atom is 0.255 e. The fourth-order valence-corrected chi connectivity index (χ4v) is 7.17. The first-order chi connectivity index (χ1) is 18.4. The van der Waals surface area contributed by atoms with E-state index in [4.69, 9.17) is 16.2 Å². The van der Waals surface area contributed by atoms with Crippen LogP contribution in [0.1, 0.15) is 62.3 Å². The first-order valence-corrected chi connectivity index (χ1v) is 13.3. The quantitative estimate of drug-likeness (QED) is 0.296. The Morgan fingerprint density at radius 2 is 1.97 bits per heavy atom. The van der Waals surface area contributed by atoms with Gasteiger partial charge in [-0.05, 0) is 57.6 Å². The van der Waals surface area contributed by atoms with Gasteiger partial charge in [-0.25, -0.2) is 0 Å². The van der Waals surface area contributed by atoms with Gasteiger partial charge in [0.1, 0.15) is 28.6 Å². The molecule has 1 aliphatic heterocycles. The van der Waals surface area contributed by atoms with Gasteiger partial charge >= 0.3 is 0 Å². The minimum atomic E-state index is -2.73. The average molecular weight is 542 g/mol. The van der Waals surface area contributed by atoms with Gasteiger partial charge in [0.15, 0.2) is 11.4 Å². The predicted octanol–water partition coefficient (Wildman–Crippen LogP) is 1.31. The van der Waals surface area contributed by atoms with E-state index in [1.807, 2.05) is 0 Å². The number of hydrogen-bond acceptors (Lipinski definition) is 10. The maximum atomic E-state index is 13.8. The largest absolute Gasteiger partial charge is 0.508 e. The molecule has 1 saturated heterocycles. The van der Waals surface area contributed by atoms with E-state index in [0.29, 0.717) is 17.4 Å². The molecule has 11 nitrogen and oxygen atoms in total. The van der Waals surface area contributed by atoms with E-state index in [0.717, 1.165) is 31.4 Å². The van der Waals surface area contributed by atoms with Crippen molar-refractivity contribution >= 4 is 23.2 Å². The van der Waals surface area contributed by atoms with Crippen LogP contribution in [0, 0.1) is 11.8 Å². The summed E-state index contributed by atoms with van der Waals surface area (Å²) in [5, 5.41) is 44.8. The zero-order valence-electron chi connectivity index (χ0n) is 22.2. The Morgan fingerprint density at radius 1 is 1.28 bits per heavy atom. The standard InChI is InChI=1S/C28H35N3O8/c1-4-11(2)31-7-5-6-16(31)13-10-17(32)19-14(24(13)39-3)8-12-9-15-21(29)23(34)20(27(30)37)26(36)28(15,38)25(35)18(12)22(19)33/h10-12,15-16,21,32-33,36,38H,4-9,29H2,1-3H3,(H2,30,37)/t11?,12-,15-,16-,21-,28-/m0/s1. The predicted molar refractivity (Wildman–Crippen MR) is 140 cm³/mol. The van der Waals surface area contributed by atoms with Gasteiger partial charge < -0.3 is 36.6 Å². The number of fused-ring (bicyclic) bond motifs is 3. The molecule has 5 rings (SSSR count). The van der Waals surface area contributed by atoms with Gasteiger partial charge in [0.25, 0.3) is 5.91 Å². The summed E-state index contributed by atoms with van der Waals surface area (Å²) in [6.45, 7) is 5.18. The van der Waals surface area contributed by atoms with E-state index in [1.165, 1.54) is 7.11 Å². The van der Waals surface area contributed by atoms with Crippen molar-refractivity contribution in [2.24, 2.45) is 23.3 Å². The summed E-state index contributed by atoms with van der Waals surface area (Å²) in [4.78, 5) is 40.8. The van der Waals surface area contributed by atoms with Crippen LogP contribution in [0.2, 0.25) is 0 Å². The van der Waals surface area contributed by atoms with E-state index in [1.54, 1.807) is 6.07 Å². The number of hydrogen-bond donors (Lipinski definition) is 6. The van der Waals surface area contributed by atoms with Crippen LogP contribution in [0.25, 0.3) is 5.76 Å². The van der Waals surface area contributed by atoms with Crippen LogP contribution in [0.15, 0.2) is 23.0 Å². The van der Waals surface area contributed by atoms with Gasteiger partial charge in [0.2, 0.25) is 5.78 Å². The Bertz CT molecular complexity index is 1350. The molecular weight excluding hydrogens is 506 g/mol. The molecular formula is C28H35N3O8. The SMILES string of the molecule is CCC(C)N1CCC[C@H]1c1cc(O)c2c(c1OC)C[C@H]1C[C@H]3[C@H](N)C(=O)C(C(N)=O)=C(O)[C@@]3(O)C(=O)C1=C2O. The number of ketones is 2. The van der Waals surface area contributed by atoms with Crippen molar-refractivity contribution in [3.8, 4) is 11.5 Å². The highest BCUT2D eigenvalue weighted by Gasteiger charge is 2.63. The Hall–Kier alpha value is -3.41. The second kappa shape index (κ2) is 9.35. The summed E-state index contributed by atoms with van der Waals surface area (Å²) in [7, 11) is 1.52. The molecule has 11 heteroatoms. The molecule has 39 heavy (non-hydrogen) atoms. The molecule has 1 aromatic rings. The minimum absolute atomic E-state index is 0.00427. The van der Waals surface area contributed by atoms with E-state index in [9.17, 15) is 34.8 Å². The second-order valence-corrected chi connectivity index (χ2v) is 11.1. The molecule has 0 spiro atoms. The topological polar surface area (TPSA) is 197 Å². The Labute approximate surface area is 225 Å². The number of primary amides is 1. The summed E-state index contributed by atoms with van der Waals surface area (Å²) >= 11 is 0. The van der Waals surface area contributed by atoms with Crippen LogP contribution >= 0.6 is 0 Å². The average Bonchev–Trinajstić information content (AvgIpc) is 3.38. The van der Waals surface area contributed by atoms with Gasteiger partial charge in [-0.3, -0.25) is 19.3 Å². The molecule has 1 saturated carbocycles. The van der Waals surface area contributed by atoms with Crippen LogP contribution in [-0.4, -0.2) is 74.1 Å². The van der Waals surface area contributed by atoms with Gasteiger partial charge in [0.05, 0.1) is 18.7 Å². The number of carbonyl (C=O) groups excluding carboxylic acids is 3. The molecule has 210 valence electrons. The number of nitrogens with two attached hydrogens (primary N) is 2. The number of phenolic OH excluding ortho intramolecular Hbond substituents is 1. The van der Waals surface area contributed by atoms with Crippen molar-refractivity contribution in [3.05, 3.63) is 39.7 Å². The highest BCUT2D eigenvalue weighted by Crippen LogP contribution is 2.54. The smallest absolute Gasteiger partial charge is 0.255 e. The van der Waals surface area contributed by atoms with Crippen molar-refractivity contribution in [3.63, 3.8) is 0 Å². The molecule has 0 radical (unpaired) electrons. The number of phenols is 1.